The fourth-order valence-corrected chi connectivity index (χ4v) is 2.11. The second kappa shape index (κ2) is 14.9. The van der Waals surface area contributed by atoms with Gasteiger partial charge in [0.25, 0.3) is 0 Å². The van der Waals surface area contributed by atoms with Gasteiger partial charge in [0.1, 0.15) is 19.8 Å². The first-order valence-corrected chi connectivity index (χ1v) is 9.41. The van der Waals surface area contributed by atoms with Gasteiger partial charge >= 0.3 is 26.5 Å². The van der Waals surface area contributed by atoms with E-state index in [2.05, 4.69) is 19.7 Å². The summed E-state index contributed by atoms with van der Waals surface area (Å²) < 4.78 is 30.8. The molecule has 0 fully saturated rings. The summed E-state index contributed by atoms with van der Waals surface area (Å²) in [4.78, 5) is 33.9. The Morgan fingerprint density at radius 2 is 0.821 bits per heavy atom. The van der Waals surface area contributed by atoms with Crippen LogP contribution in [0.1, 0.15) is 20.8 Å². The molecular formula is C18H27O9P. The van der Waals surface area contributed by atoms with Gasteiger partial charge in [0, 0.05) is 16.7 Å². The van der Waals surface area contributed by atoms with E-state index in [0.29, 0.717) is 0 Å². The SMILES string of the molecule is C=C(C)C(=O)OCCOP(OCCOC(=O)C(=C)C)OCCOC(=O)C(=C)C. The highest BCUT2D eigenvalue weighted by molar-refractivity contribution is 7.41. The summed E-state index contributed by atoms with van der Waals surface area (Å²) >= 11 is 0. The number of hydrogen-bond donors (Lipinski definition) is 0. The molecule has 0 aliphatic carbocycles. The highest BCUT2D eigenvalue weighted by atomic mass is 31.2. The molecule has 0 aromatic carbocycles. The lowest BCUT2D eigenvalue weighted by Gasteiger charge is -2.17. The number of rotatable bonds is 15. The van der Waals surface area contributed by atoms with Gasteiger partial charge in [-0.3, -0.25) is 0 Å². The molecule has 0 aliphatic rings. The molecule has 28 heavy (non-hydrogen) atoms. The molecule has 0 aromatic heterocycles. The Morgan fingerprint density at radius 3 is 1.04 bits per heavy atom. The summed E-state index contributed by atoms with van der Waals surface area (Å²) in [6.45, 7) is 15.0. The smallest absolute Gasteiger partial charge is 0.333 e. The van der Waals surface area contributed by atoms with Gasteiger partial charge in [-0.25, -0.2) is 14.4 Å². The molecule has 0 N–H and O–H groups in total. The first kappa shape index (κ1) is 25.9. The summed E-state index contributed by atoms with van der Waals surface area (Å²) in [6, 6.07) is 0. The maximum absolute atomic E-state index is 11.3. The van der Waals surface area contributed by atoms with Crippen molar-refractivity contribution in [3.8, 4) is 0 Å². The van der Waals surface area contributed by atoms with Crippen molar-refractivity contribution in [1.29, 1.82) is 0 Å². The third-order valence-corrected chi connectivity index (χ3v) is 3.77. The Hall–Kier alpha value is -2.06. The van der Waals surface area contributed by atoms with Crippen molar-refractivity contribution in [1.82, 2.24) is 0 Å². The van der Waals surface area contributed by atoms with Gasteiger partial charge in [-0.2, -0.15) is 0 Å². The average Bonchev–Trinajstić information content (AvgIpc) is 2.63. The quantitative estimate of drug-likeness (QED) is 0.130. The number of hydrogen-bond acceptors (Lipinski definition) is 9. The number of carbonyl (C=O) groups is 3. The Balaban J connectivity index is 4.28. The van der Waals surface area contributed by atoms with Crippen molar-refractivity contribution in [2.24, 2.45) is 0 Å². The van der Waals surface area contributed by atoms with Gasteiger partial charge in [0.15, 0.2) is 0 Å². The number of ether oxygens (including phenoxy) is 3. The number of esters is 3. The summed E-state index contributed by atoms with van der Waals surface area (Å²) in [5.41, 5.74) is 0.815. The van der Waals surface area contributed by atoms with Gasteiger partial charge in [-0.15, -0.1) is 0 Å². The fraction of sp³-hybridized carbons (Fsp3) is 0.500. The topological polar surface area (TPSA) is 107 Å². The lowest BCUT2D eigenvalue weighted by Crippen LogP contribution is -2.14. The van der Waals surface area contributed by atoms with Crippen LogP contribution < -0.4 is 0 Å². The van der Waals surface area contributed by atoms with E-state index in [9.17, 15) is 14.4 Å². The van der Waals surface area contributed by atoms with Crippen LogP contribution in [-0.4, -0.2) is 57.5 Å². The van der Waals surface area contributed by atoms with Crippen molar-refractivity contribution < 1.29 is 42.2 Å². The maximum atomic E-state index is 11.3. The second-order valence-corrected chi connectivity index (χ2v) is 6.69. The van der Waals surface area contributed by atoms with E-state index >= 15 is 0 Å². The molecule has 0 atom stereocenters. The zero-order valence-electron chi connectivity index (χ0n) is 16.5. The lowest BCUT2D eigenvalue weighted by molar-refractivity contribution is -0.140. The van der Waals surface area contributed by atoms with Crippen molar-refractivity contribution in [2.75, 3.05) is 39.6 Å². The normalized spacial score (nSPS) is 10.3. The van der Waals surface area contributed by atoms with E-state index in [1.807, 2.05) is 0 Å². The van der Waals surface area contributed by atoms with E-state index < -0.39 is 26.5 Å². The van der Waals surface area contributed by atoms with Crippen LogP contribution in [0.5, 0.6) is 0 Å². The van der Waals surface area contributed by atoms with Gasteiger partial charge in [-0.05, 0) is 20.8 Å². The summed E-state index contributed by atoms with van der Waals surface area (Å²) in [5.74, 6) is -1.60. The highest BCUT2D eigenvalue weighted by Gasteiger charge is 2.15. The van der Waals surface area contributed by atoms with E-state index in [1.54, 1.807) is 0 Å². The molecule has 0 amide bonds. The van der Waals surface area contributed by atoms with Crippen LogP contribution >= 0.6 is 8.60 Å². The molecule has 0 spiro atoms. The molecule has 0 rings (SSSR count). The van der Waals surface area contributed by atoms with Crippen LogP contribution in [0.25, 0.3) is 0 Å². The fourth-order valence-electron chi connectivity index (χ4n) is 1.22. The minimum atomic E-state index is -1.84. The predicted octanol–water partition coefficient (Wildman–Crippen LogP) is 2.62. The standard InChI is InChI=1S/C18H27O9P/c1-13(2)16(19)22-7-10-25-28(26-11-8-23-17(20)14(3)4)27-12-9-24-18(21)15(5)6/h1,3,5,7-12H2,2,4,6H3. The summed E-state index contributed by atoms with van der Waals surface area (Å²) in [6.07, 6.45) is 0. The molecule has 0 saturated heterocycles. The van der Waals surface area contributed by atoms with Crippen molar-refractivity contribution >= 4 is 26.5 Å². The van der Waals surface area contributed by atoms with Crippen LogP contribution in [0.2, 0.25) is 0 Å². The largest absolute Gasteiger partial charge is 0.460 e. The summed E-state index contributed by atoms with van der Waals surface area (Å²) in [7, 11) is -1.84. The molecule has 0 radical (unpaired) electrons. The van der Waals surface area contributed by atoms with Crippen LogP contribution in [0.15, 0.2) is 36.5 Å². The lowest BCUT2D eigenvalue weighted by atomic mass is 10.4. The molecule has 0 aromatic rings. The second-order valence-electron chi connectivity index (χ2n) is 5.47. The van der Waals surface area contributed by atoms with Gasteiger partial charge in [0.2, 0.25) is 0 Å². The van der Waals surface area contributed by atoms with Crippen molar-refractivity contribution in [2.45, 2.75) is 20.8 Å². The molecule has 9 nitrogen and oxygen atoms in total. The Kier molecular flexibility index (Phi) is 13.8. The van der Waals surface area contributed by atoms with Crippen molar-refractivity contribution in [3.05, 3.63) is 36.5 Å². The third-order valence-electron chi connectivity index (χ3n) is 2.58. The van der Waals surface area contributed by atoms with E-state index in [4.69, 9.17) is 27.8 Å². The summed E-state index contributed by atoms with van der Waals surface area (Å²) in [5, 5.41) is 0. The predicted molar refractivity (Wildman–Crippen MR) is 102 cm³/mol. The van der Waals surface area contributed by atoms with Crippen LogP contribution in [0, 0.1) is 0 Å². The molecule has 0 bridgehead atoms. The first-order valence-electron chi connectivity index (χ1n) is 8.32. The van der Waals surface area contributed by atoms with Gasteiger partial charge in [0.05, 0.1) is 19.8 Å². The average molecular weight is 418 g/mol. The van der Waals surface area contributed by atoms with Crippen LogP contribution in [-0.2, 0) is 42.2 Å². The van der Waals surface area contributed by atoms with Crippen LogP contribution in [0.3, 0.4) is 0 Å². The molecular weight excluding hydrogens is 391 g/mol. The molecule has 0 heterocycles. The van der Waals surface area contributed by atoms with E-state index in [-0.39, 0.29) is 56.4 Å². The molecule has 0 unspecified atom stereocenters. The number of carbonyl (C=O) groups excluding carboxylic acids is 3. The van der Waals surface area contributed by atoms with Gasteiger partial charge < -0.3 is 27.8 Å². The van der Waals surface area contributed by atoms with E-state index in [0.717, 1.165) is 0 Å². The minimum absolute atomic E-state index is 0.0157. The Labute approximate surface area is 166 Å². The van der Waals surface area contributed by atoms with Crippen LogP contribution in [0.4, 0.5) is 0 Å². The monoisotopic (exact) mass is 418 g/mol. The molecule has 158 valence electrons. The van der Waals surface area contributed by atoms with Gasteiger partial charge in [-0.1, -0.05) is 19.7 Å². The highest BCUT2D eigenvalue weighted by Crippen LogP contribution is 2.39. The molecule has 0 saturated carbocycles. The minimum Gasteiger partial charge on any atom is -0.460 e. The molecule has 10 heteroatoms. The molecule has 0 aliphatic heterocycles. The zero-order chi connectivity index (χ0) is 21.5. The maximum Gasteiger partial charge on any atom is 0.333 e. The third kappa shape index (κ3) is 13.2. The first-order chi connectivity index (χ1) is 13.1. The van der Waals surface area contributed by atoms with Crippen molar-refractivity contribution in [3.63, 3.8) is 0 Å². The van der Waals surface area contributed by atoms with E-state index in [1.165, 1.54) is 20.8 Å². The Morgan fingerprint density at radius 1 is 0.571 bits per heavy atom. The Bertz CT molecular complexity index is 505. The zero-order valence-corrected chi connectivity index (χ0v) is 17.4.